The van der Waals surface area contributed by atoms with Gasteiger partial charge in [-0.2, -0.15) is 5.10 Å². The van der Waals surface area contributed by atoms with Crippen LogP contribution in [-0.2, 0) is 11.3 Å². The van der Waals surface area contributed by atoms with Crippen molar-refractivity contribution in [2.75, 3.05) is 7.05 Å². The van der Waals surface area contributed by atoms with E-state index in [9.17, 15) is 4.79 Å². The van der Waals surface area contributed by atoms with Crippen LogP contribution in [0.15, 0.2) is 16.9 Å². The molecule has 1 aromatic rings. The fourth-order valence-electron chi connectivity index (χ4n) is 0.651. The molecule has 0 saturated heterocycles. The lowest BCUT2D eigenvalue weighted by atomic mass is 10.6. The van der Waals surface area contributed by atoms with Crippen LogP contribution in [0.2, 0.25) is 0 Å². The zero-order valence-corrected chi connectivity index (χ0v) is 7.63. The van der Waals surface area contributed by atoms with Crippen LogP contribution in [0.25, 0.3) is 0 Å². The molecule has 0 aliphatic rings. The van der Waals surface area contributed by atoms with E-state index in [2.05, 4.69) is 26.3 Å². The number of hydrogen-bond donors (Lipinski definition) is 1. The van der Waals surface area contributed by atoms with Crippen molar-refractivity contribution < 1.29 is 4.79 Å². The number of likely N-dealkylation sites (N-methyl/N-ethyl adjacent to an activating group) is 1. The summed E-state index contributed by atoms with van der Waals surface area (Å²) in [6.07, 6.45) is 3.39. The molecule has 0 fully saturated rings. The number of halogens is 1. The molecule has 0 bridgehead atoms. The first kappa shape index (κ1) is 8.26. The molecule has 0 aliphatic carbocycles. The van der Waals surface area contributed by atoms with Crippen LogP contribution in [-0.4, -0.2) is 22.7 Å². The van der Waals surface area contributed by atoms with Gasteiger partial charge < -0.3 is 5.32 Å². The van der Waals surface area contributed by atoms with Gasteiger partial charge in [0, 0.05) is 13.2 Å². The highest BCUT2D eigenvalue weighted by Gasteiger charge is 1.99. The van der Waals surface area contributed by atoms with Crippen LogP contribution in [0.4, 0.5) is 0 Å². The average Bonchev–Trinajstić information content (AvgIpc) is 2.35. The maximum absolute atomic E-state index is 10.8. The van der Waals surface area contributed by atoms with Crippen LogP contribution >= 0.6 is 15.9 Å². The standard InChI is InChI=1S/C6H8BrN3O/c1-8-6(11)4-10-3-5(7)2-9-10/h2-3H,4H2,1H3,(H,8,11). The minimum absolute atomic E-state index is 0.0550. The number of amides is 1. The Bertz CT molecular complexity index is 258. The van der Waals surface area contributed by atoms with Crippen molar-refractivity contribution in [1.82, 2.24) is 15.1 Å². The second-order valence-corrected chi connectivity index (χ2v) is 2.94. The van der Waals surface area contributed by atoms with Crippen molar-refractivity contribution >= 4 is 21.8 Å². The summed E-state index contributed by atoms with van der Waals surface area (Å²) >= 11 is 3.23. The molecule has 0 saturated carbocycles. The van der Waals surface area contributed by atoms with Crippen molar-refractivity contribution in [2.24, 2.45) is 0 Å². The third kappa shape index (κ3) is 2.34. The topological polar surface area (TPSA) is 46.9 Å². The first-order valence-corrected chi connectivity index (χ1v) is 3.90. The molecule has 1 amide bonds. The summed E-state index contributed by atoms with van der Waals surface area (Å²) in [5, 5.41) is 6.42. The summed E-state index contributed by atoms with van der Waals surface area (Å²) in [5.41, 5.74) is 0. The zero-order valence-electron chi connectivity index (χ0n) is 6.04. The quantitative estimate of drug-likeness (QED) is 0.780. The number of nitrogens with zero attached hydrogens (tertiary/aromatic N) is 2. The SMILES string of the molecule is CNC(=O)Cn1cc(Br)cn1. The Morgan fingerprint density at radius 3 is 3.09 bits per heavy atom. The maximum Gasteiger partial charge on any atom is 0.241 e. The van der Waals surface area contributed by atoms with Gasteiger partial charge in [-0.3, -0.25) is 9.48 Å². The first-order valence-electron chi connectivity index (χ1n) is 3.11. The minimum atomic E-state index is -0.0550. The monoisotopic (exact) mass is 217 g/mol. The van der Waals surface area contributed by atoms with Crippen LogP contribution < -0.4 is 5.32 Å². The number of rotatable bonds is 2. The van der Waals surface area contributed by atoms with E-state index in [1.807, 2.05) is 0 Å². The van der Waals surface area contributed by atoms with Crippen LogP contribution in [0.5, 0.6) is 0 Å². The highest BCUT2D eigenvalue weighted by molar-refractivity contribution is 9.10. The van der Waals surface area contributed by atoms with Crippen molar-refractivity contribution in [1.29, 1.82) is 0 Å². The van der Waals surface area contributed by atoms with Gasteiger partial charge in [-0.25, -0.2) is 0 Å². The molecule has 1 heterocycles. The summed E-state index contributed by atoms with van der Waals surface area (Å²) in [4.78, 5) is 10.8. The molecule has 0 spiro atoms. The summed E-state index contributed by atoms with van der Waals surface area (Å²) in [6.45, 7) is 0.266. The molecule has 1 N–H and O–H groups in total. The van der Waals surface area contributed by atoms with E-state index in [0.717, 1.165) is 4.47 Å². The van der Waals surface area contributed by atoms with E-state index >= 15 is 0 Å². The first-order chi connectivity index (χ1) is 5.22. The van der Waals surface area contributed by atoms with Crippen LogP contribution in [0.3, 0.4) is 0 Å². The van der Waals surface area contributed by atoms with Gasteiger partial charge >= 0.3 is 0 Å². The molecule has 0 aromatic carbocycles. The zero-order chi connectivity index (χ0) is 8.27. The van der Waals surface area contributed by atoms with Gasteiger partial charge in [0.25, 0.3) is 0 Å². The molecule has 1 aromatic heterocycles. The summed E-state index contributed by atoms with van der Waals surface area (Å²) in [5.74, 6) is -0.0550. The smallest absolute Gasteiger partial charge is 0.241 e. The third-order valence-electron chi connectivity index (χ3n) is 1.19. The fraction of sp³-hybridized carbons (Fsp3) is 0.333. The number of aromatic nitrogens is 2. The average molecular weight is 218 g/mol. The third-order valence-corrected chi connectivity index (χ3v) is 1.60. The lowest BCUT2D eigenvalue weighted by Crippen LogP contribution is -2.23. The molecule has 11 heavy (non-hydrogen) atoms. The summed E-state index contributed by atoms with van der Waals surface area (Å²) in [6, 6.07) is 0. The van der Waals surface area contributed by atoms with Crippen LogP contribution in [0, 0.1) is 0 Å². The molecule has 4 nitrogen and oxygen atoms in total. The van der Waals surface area contributed by atoms with Crippen molar-refractivity contribution in [2.45, 2.75) is 6.54 Å². The maximum atomic E-state index is 10.8. The molecule has 1 rings (SSSR count). The van der Waals surface area contributed by atoms with E-state index in [1.54, 1.807) is 24.1 Å². The van der Waals surface area contributed by atoms with Gasteiger partial charge in [0.15, 0.2) is 0 Å². The van der Waals surface area contributed by atoms with Gasteiger partial charge in [0.2, 0.25) is 5.91 Å². The Kier molecular flexibility index (Phi) is 2.64. The largest absolute Gasteiger partial charge is 0.358 e. The predicted molar refractivity (Wildman–Crippen MR) is 44.0 cm³/mol. The minimum Gasteiger partial charge on any atom is -0.358 e. The molecule has 5 heteroatoms. The highest BCUT2D eigenvalue weighted by atomic mass is 79.9. The summed E-state index contributed by atoms with van der Waals surface area (Å²) < 4.78 is 2.43. The molecule has 0 radical (unpaired) electrons. The van der Waals surface area contributed by atoms with Crippen molar-refractivity contribution in [3.63, 3.8) is 0 Å². The van der Waals surface area contributed by atoms with E-state index in [-0.39, 0.29) is 12.5 Å². The van der Waals surface area contributed by atoms with Gasteiger partial charge in [0.1, 0.15) is 6.54 Å². The van der Waals surface area contributed by atoms with Gasteiger partial charge in [-0.1, -0.05) is 0 Å². The van der Waals surface area contributed by atoms with E-state index in [1.165, 1.54) is 0 Å². The number of nitrogens with one attached hydrogen (secondary N) is 1. The summed E-state index contributed by atoms with van der Waals surface area (Å²) in [7, 11) is 1.60. The van der Waals surface area contributed by atoms with Crippen molar-refractivity contribution in [3.8, 4) is 0 Å². The second kappa shape index (κ2) is 3.52. The number of carbonyl (C=O) groups is 1. The van der Waals surface area contributed by atoms with Gasteiger partial charge in [-0.05, 0) is 15.9 Å². The molecular formula is C6H8BrN3O. The second-order valence-electron chi connectivity index (χ2n) is 2.03. The number of carbonyl (C=O) groups excluding carboxylic acids is 1. The molecule has 0 atom stereocenters. The normalized spacial score (nSPS) is 9.64. The van der Waals surface area contributed by atoms with Crippen LogP contribution in [0.1, 0.15) is 0 Å². The Balaban J connectivity index is 2.57. The van der Waals surface area contributed by atoms with E-state index in [4.69, 9.17) is 0 Å². The van der Waals surface area contributed by atoms with Gasteiger partial charge in [-0.15, -0.1) is 0 Å². The molecule has 60 valence electrons. The lowest BCUT2D eigenvalue weighted by molar-refractivity contribution is -0.121. The Labute approximate surface area is 72.7 Å². The highest BCUT2D eigenvalue weighted by Crippen LogP contribution is 2.05. The molecule has 0 unspecified atom stereocenters. The Morgan fingerprint density at radius 2 is 2.64 bits per heavy atom. The van der Waals surface area contributed by atoms with E-state index in [0.29, 0.717) is 0 Å². The van der Waals surface area contributed by atoms with Crippen molar-refractivity contribution in [3.05, 3.63) is 16.9 Å². The number of hydrogen-bond acceptors (Lipinski definition) is 2. The predicted octanol–water partition coefficient (Wildman–Crippen LogP) is 0.392. The van der Waals surface area contributed by atoms with Gasteiger partial charge in [0.05, 0.1) is 10.7 Å². The molecular weight excluding hydrogens is 210 g/mol. The fourth-order valence-corrected chi connectivity index (χ4v) is 0.979. The lowest BCUT2D eigenvalue weighted by Gasteiger charge is -1.97. The Morgan fingerprint density at radius 1 is 1.91 bits per heavy atom. The Hall–Kier alpha value is -0.840. The van der Waals surface area contributed by atoms with E-state index < -0.39 is 0 Å². The molecule has 0 aliphatic heterocycles.